The Labute approximate surface area is 122 Å². The molecule has 0 bridgehead atoms. The third-order valence-electron chi connectivity index (χ3n) is 3.53. The van der Waals surface area contributed by atoms with Gasteiger partial charge < -0.3 is 15.3 Å². The van der Waals surface area contributed by atoms with Crippen LogP contribution in [0.15, 0.2) is 0 Å². The van der Waals surface area contributed by atoms with Crippen LogP contribution in [0, 0.1) is 11.8 Å². The molecule has 0 aliphatic rings. The monoisotopic (exact) mass is 286 g/mol. The fraction of sp³-hybridized carbons (Fsp3) is 0.867. The van der Waals surface area contributed by atoms with Gasteiger partial charge in [-0.25, -0.2) is 4.79 Å². The van der Waals surface area contributed by atoms with Crippen molar-refractivity contribution in [2.45, 2.75) is 59.9 Å². The van der Waals surface area contributed by atoms with Crippen LogP contribution in [0.1, 0.15) is 53.9 Å². The van der Waals surface area contributed by atoms with Crippen LogP contribution in [0.2, 0.25) is 0 Å². The molecule has 2 amide bonds. The summed E-state index contributed by atoms with van der Waals surface area (Å²) in [6, 6.07) is 0.101. The highest BCUT2D eigenvalue weighted by Gasteiger charge is 2.20. The third-order valence-corrected chi connectivity index (χ3v) is 3.53. The van der Waals surface area contributed by atoms with Gasteiger partial charge in [0.15, 0.2) is 0 Å². The molecule has 0 aromatic heterocycles. The van der Waals surface area contributed by atoms with E-state index >= 15 is 0 Å². The van der Waals surface area contributed by atoms with E-state index in [1.54, 1.807) is 4.90 Å². The van der Waals surface area contributed by atoms with Gasteiger partial charge in [-0.1, -0.05) is 20.8 Å². The Kier molecular flexibility index (Phi) is 9.01. The molecule has 0 aromatic carbocycles. The molecule has 0 aliphatic carbocycles. The van der Waals surface area contributed by atoms with E-state index in [0.717, 1.165) is 12.8 Å². The van der Waals surface area contributed by atoms with E-state index < -0.39 is 5.97 Å². The molecule has 20 heavy (non-hydrogen) atoms. The van der Waals surface area contributed by atoms with Gasteiger partial charge in [0.05, 0.1) is 0 Å². The van der Waals surface area contributed by atoms with E-state index in [1.807, 2.05) is 20.8 Å². The van der Waals surface area contributed by atoms with E-state index in [1.165, 1.54) is 0 Å². The van der Waals surface area contributed by atoms with Crippen molar-refractivity contribution in [3.05, 3.63) is 0 Å². The van der Waals surface area contributed by atoms with E-state index in [-0.39, 0.29) is 24.4 Å². The number of nitrogens with one attached hydrogen (secondary N) is 1. The van der Waals surface area contributed by atoms with Crippen molar-refractivity contribution < 1.29 is 14.7 Å². The zero-order valence-corrected chi connectivity index (χ0v) is 13.5. The van der Waals surface area contributed by atoms with Crippen LogP contribution in [0.25, 0.3) is 0 Å². The molecule has 2 N–H and O–H groups in total. The Morgan fingerprint density at radius 2 is 1.80 bits per heavy atom. The lowest BCUT2D eigenvalue weighted by Crippen LogP contribution is -2.46. The SMILES string of the molecule is CCC(C)N(CC)C(=O)NCC(CC(=O)O)CC(C)C. The standard InChI is InChI=1S/C15H30N2O3/c1-6-12(5)17(7-2)15(20)16-10-13(8-11(3)4)9-14(18)19/h11-13H,6-10H2,1-5H3,(H,16,20)(H,18,19). The van der Waals surface area contributed by atoms with Crippen molar-refractivity contribution in [1.82, 2.24) is 10.2 Å². The van der Waals surface area contributed by atoms with Gasteiger partial charge in [0.1, 0.15) is 0 Å². The minimum atomic E-state index is -0.806. The number of carbonyl (C=O) groups is 2. The van der Waals surface area contributed by atoms with E-state index in [4.69, 9.17) is 5.11 Å². The summed E-state index contributed by atoms with van der Waals surface area (Å²) in [5.74, 6) is -0.389. The topological polar surface area (TPSA) is 69.6 Å². The summed E-state index contributed by atoms with van der Waals surface area (Å²) in [7, 11) is 0. The molecule has 118 valence electrons. The summed E-state index contributed by atoms with van der Waals surface area (Å²) >= 11 is 0. The molecule has 0 rings (SSSR count). The lowest BCUT2D eigenvalue weighted by molar-refractivity contribution is -0.138. The Morgan fingerprint density at radius 1 is 1.20 bits per heavy atom. The summed E-state index contributed by atoms with van der Waals surface area (Å²) in [6.45, 7) is 11.2. The molecule has 0 heterocycles. The first-order valence-electron chi connectivity index (χ1n) is 7.57. The minimum absolute atomic E-state index is 0.00733. The van der Waals surface area contributed by atoms with Crippen LogP contribution in [0.5, 0.6) is 0 Å². The number of carboxylic acids is 1. The lowest BCUT2D eigenvalue weighted by atomic mass is 9.94. The van der Waals surface area contributed by atoms with E-state index in [9.17, 15) is 9.59 Å². The van der Waals surface area contributed by atoms with Crippen molar-refractivity contribution in [1.29, 1.82) is 0 Å². The van der Waals surface area contributed by atoms with Gasteiger partial charge in [-0.05, 0) is 38.5 Å². The van der Waals surface area contributed by atoms with Gasteiger partial charge in [-0.2, -0.15) is 0 Å². The van der Waals surface area contributed by atoms with Crippen molar-refractivity contribution in [3.63, 3.8) is 0 Å². The second-order valence-electron chi connectivity index (χ2n) is 5.82. The Morgan fingerprint density at radius 3 is 2.20 bits per heavy atom. The molecule has 0 aliphatic heterocycles. The fourth-order valence-electron chi connectivity index (χ4n) is 2.36. The maximum atomic E-state index is 12.1. The predicted molar refractivity (Wildman–Crippen MR) is 80.7 cm³/mol. The molecule has 5 heteroatoms. The zero-order chi connectivity index (χ0) is 15.7. The lowest BCUT2D eigenvalue weighted by Gasteiger charge is -2.28. The van der Waals surface area contributed by atoms with Crippen LogP contribution >= 0.6 is 0 Å². The molecule has 0 saturated carbocycles. The first-order chi connectivity index (χ1) is 9.31. The van der Waals surface area contributed by atoms with Crippen LogP contribution in [0.3, 0.4) is 0 Å². The number of rotatable bonds is 9. The molecule has 0 fully saturated rings. The van der Waals surface area contributed by atoms with Gasteiger partial charge in [0.25, 0.3) is 0 Å². The highest BCUT2D eigenvalue weighted by Crippen LogP contribution is 2.15. The fourth-order valence-corrected chi connectivity index (χ4v) is 2.36. The molecular weight excluding hydrogens is 256 g/mol. The van der Waals surface area contributed by atoms with Crippen molar-refractivity contribution in [2.75, 3.05) is 13.1 Å². The van der Waals surface area contributed by atoms with Gasteiger partial charge in [0.2, 0.25) is 0 Å². The second kappa shape index (κ2) is 9.61. The highest BCUT2D eigenvalue weighted by molar-refractivity contribution is 5.74. The average Bonchev–Trinajstić information content (AvgIpc) is 2.35. The largest absolute Gasteiger partial charge is 0.481 e. The first-order valence-corrected chi connectivity index (χ1v) is 7.57. The molecule has 2 atom stereocenters. The maximum absolute atomic E-state index is 12.1. The van der Waals surface area contributed by atoms with Crippen molar-refractivity contribution >= 4 is 12.0 Å². The number of amides is 2. The number of carbonyl (C=O) groups excluding carboxylic acids is 1. The number of nitrogens with zero attached hydrogens (tertiary/aromatic N) is 1. The van der Waals surface area contributed by atoms with Gasteiger partial charge in [-0.15, -0.1) is 0 Å². The summed E-state index contributed by atoms with van der Waals surface area (Å²) in [5.41, 5.74) is 0. The van der Waals surface area contributed by atoms with Gasteiger partial charge in [0, 0.05) is 25.6 Å². The number of hydrogen-bond acceptors (Lipinski definition) is 2. The quantitative estimate of drug-likeness (QED) is 0.684. The minimum Gasteiger partial charge on any atom is -0.481 e. The summed E-state index contributed by atoms with van der Waals surface area (Å²) < 4.78 is 0. The Bertz CT molecular complexity index is 305. The number of carboxylic acid groups (broad SMARTS) is 1. The molecule has 0 saturated heterocycles. The number of hydrogen-bond donors (Lipinski definition) is 2. The van der Waals surface area contributed by atoms with Gasteiger partial charge in [-0.3, -0.25) is 4.79 Å². The Balaban J connectivity index is 4.44. The normalized spacial score (nSPS) is 13.9. The van der Waals surface area contributed by atoms with E-state index in [2.05, 4.69) is 19.2 Å². The van der Waals surface area contributed by atoms with Crippen LogP contribution in [-0.4, -0.2) is 41.1 Å². The van der Waals surface area contributed by atoms with Crippen molar-refractivity contribution in [3.8, 4) is 0 Å². The predicted octanol–water partition coefficient (Wildman–Crippen LogP) is 2.95. The summed E-state index contributed by atoms with van der Waals surface area (Å²) in [6.07, 6.45) is 1.82. The Hall–Kier alpha value is -1.26. The van der Waals surface area contributed by atoms with Crippen LogP contribution in [0.4, 0.5) is 4.79 Å². The second-order valence-corrected chi connectivity index (χ2v) is 5.82. The molecule has 0 aromatic rings. The zero-order valence-electron chi connectivity index (χ0n) is 13.5. The summed E-state index contributed by atoms with van der Waals surface area (Å²) in [4.78, 5) is 24.8. The smallest absolute Gasteiger partial charge is 0.317 e. The number of aliphatic carboxylic acids is 1. The first kappa shape index (κ1) is 18.7. The van der Waals surface area contributed by atoms with Gasteiger partial charge >= 0.3 is 12.0 Å². The highest BCUT2D eigenvalue weighted by atomic mass is 16.4. The number of urea groups is 1. The summed E-state index contributed by atoms with van der Waals surface area (Å²) in [5, 5.41) is 11.8. The molecular formula is C15H30N2O3. The molecule has 5 nitrogen and oxygen atoms in total. The maximum Gasteiger partial charge on any atom is 0.317 e. The van der Waals surface area contributed by atoms with Crippen LogP contribution < -0.4 is 5.32 Å². The molecule has 2 unspecified atom stereocenters. The average molecular weight is 286 g/mol. The third kappa shape index (κ3) is 7.36. The van der Waals surface area contributed by atoms with Crippen LogP contribution in [-0.2, 0) is 4.79 Å². The molecule has 0 radical (unpaired) electrons. The van der Waals surface area contributed by atoms with E-state index in [0.29, 0.717) is 19.0 Å². The molecule has 0 spiro atoms. The van der Waals surface area contributed by atoms with Crippen molar-refractivity contribution in [2.24, 2.45) is 11.8 Å².